The van der Waals surface area contributed by atoms with Crippen molar-refractivity contribution < 1.29 is 14.3 Å². The van der Waals surface area contributed by atoms with Crippen LogP contribution >= 0.6 is 0 Å². The fourth-order valence-corrected chi connectivity index (χ4v) is 2.57. The molecule has 1 N–H and O–H groups in total. The van der Waals surface area contributed by atoms with Gasteiger partial charge in [0.05, 0.1) is 0 Å². The molecular weight excluding hydrogens is 332 g/mol. The summed E-state index contributed by atoms with van der Waals surface area (Å²) in [7, 11) is 1.64. The zero-order chi connectivity index (χ0) is 18.5. The number of aromatic nitrogens is 1. The van der Waals surface area contributed by atoms with Crippen molar-refractivity contribution in [2.75, 3.05) is 13.7 Å². The highest BCUT2D eigenvalue weighted by Crippen LogP contribution is 2.08. The molecule has 6 nitrogen and oxygen atoms in total. The molecule has 1 amide bonds. The van der Waals surface area contributed by atoms with Gasteiger partial charge in [-0.05, 0) is 17.7 Å². The van der Waals surface area contributed by atoms with Gasteiger partial charge in [-0.15, -0.1) is 0 Å². The van der Waals surface area contributed by atoms with Crippen molar-refractivity contribution in [3.8, 4) is 0 Å². The van der Waals surface area contributed by atoms with Gasteiger partial charge in [-0.3, -0.25) is 9.59 Å². The third kappa shape index (κ3) is 3.97. The van der Waals surface area contributed by atoms with Gasteiger partial charge >= 0.3 is 5.97 Å². The number of nitrogens with zero attached hydrogens (tertiary/aromatic N) is 1. The molecule has 6 heteroatoms. The van der Waals surface area contributed by atoms with Gasteiger partial charge in [-0.1, -0.05) is 42.5 Å². The summed E-state index contributed by atoms with van der Waals surface area (Å²) in [6.45, 7) is 0.0288. The first-order valence-electron chi connectivity index (χ1n) is 8.11. The molecule has 0 aliphatic heterocycles. The van der Waals surface area contributed by atoms with Crippen molar-refractivity contribution in [1.82, 2.24) is 9.88 Å². The Morgan fingerprint density at radius 2 is 1.73 bits per heavy atom. The molecule has 0 saturated heterocycles. The predicted molar refractivity (Wildman–Crippen MR) is 97.8 cm³/mol. The molecule has 2 aromatic carbocycles. The highest BCUT2D eigenvalue weighted by atomic mass is 16.5. The number of H-pyrrole nitrogens is 1. The van der Waals surface area contributed by atoms with Gasteiger partial charge in [-0.2, -0.15) is 0 Å². The molecule has 0 aliphatic rings. The number of carbonyl (C=O) groups is 2. The summed E-state index contributed by atoms with van der Waals surface area (Å²) in [5, 5.41) is 0.489. The molecule has 1 aromatic heterocycles. The molecule has 132 valence electrons. The molecule has 0 unspecified atom stereocenters. The first-order chi connectivity index (χ1) is 12.5. The van der Waals surface area contributed by atoms with Crippen molar-refractivity contribution in [1.29, 1.82) is 0 Å². The zero-order valence-corrected chi connectivity index (χ0v) is 14.3. The molecule has 1 heterocycles. The lowest BCUT2D eigenvalue weighted by Gasteiger charge is -2.17. The second-order valence-electron chi connectivity index (χ2n) is 5.90. The normalized spacial score (nSPS) is 10.5. The third-order valence-corrected chi connectivity index (χ3v) is 3.97. The molecule has 0 bridgehead atoms. The summed E-state index contributed by atoms with van der Waals surface area (Å²) < 4.78 is 5.05. The highest BCUT2D eigenvalue weighted by molar-refractivity contribution is 5.92. The molecule has 3 aromatic rings. The smallest absolute Gasteiger partial charge is 0.355 e. The van der Waals surface area contributed by atoms with Crippen molar-refractivity contribution >= 4 is 22.8 Å². The van der Waals surface area contributed by atoms with Gasteiger partial charge in [0.25, 0.3) is 5.91 Å². The summed E-state index contributed by atoms with van der Waals surface area (Å²) in [4.78, 5) is 40.7. The maximum Gasteiger partial charge on any atom is 0.355 e. The number of hydrogen-bond acceptors (Lipinski definition) is 4. The minimum Gasteiger partial charge on any atom is -0.451 e. The van der Waals surface area contributed by atoms with Crippen LogP contribution in [0.3, 0.4) is 0 Å². The Hall–Kier alpha value is -3.41. The van der Waals surface area contributed by atoms with Crippen LogP contribution in [0, 0.1) is 0 Å². The molecule has 26 heavy (non-hydrogen) atoms. The number of amides is 1. The Bertz CT molecular complexity index is 995. The quantitative estimate of drug-likeness (QED) is 0.717. The first-order valence-corrected chi connectivity index (χ1v) is 8.11. The van der Waals surface area contributed by atoms with Crippen LogP contribution in [0.1, 0.15) is 16.1 Å². The molecule has 0 atom stereocenters. The van der Waals surface area contributed by atoms with Crippen LogP contribution in [0.4, 0.5) is 0 Å². The monoisotopic (exact) mass is 350 g/mol. The second kappa shape index (κ2) is 7.65. The number of pyridine rings is 1. The third-order valence-electron chi connectivity index (χ3n) is 3.97. The SMILES string of the molecule is CN(Cc1ccccc1)C(=O)COC(=O)c1cc(=O)c2ccccc2[nH]1. The molecule has 0 aliphatic carbocycles. The molecule has 0 saturated carbocycles. The van der Waals surface area contributed by atoms with Crippen LogP contribution in [0.25, 0.3) is 10.9 Å². The van der Waals surface area contributed by atoms with E-state index in [0.717, 1.165) is 5.56 Å². The van der Waals surface area contributed by atoms with Crippen LogP contribution in [0.5, 0.6) is 0 Å². The van der Waals surface area contributed by atoms with Gasteiger partial charge in [0.2, 0.25) is 0 Å². The van der Waals surface area contributed by atoms with Gasteiger partial charge in [0, 0.05) is 30.6 Å². The lowest BCUT2D eigenvalue weighted by Crippen LogP contribution is -2.31. The molecule has 3 rings (SSSR count). The van der Waals surface area contributed by atoms with Crippen LogP contribution in [-0.4, -0.2) is 35.4 Å². The molecule has 0 spiro atoms. The van der Waals surface area contributed by atoms with E-state index in [0.29, 0.717) is 17.4 Å². The number of aromatic amines is 1. The lowest BCUT2D eigenvalue weighted by atomic mass is 10.2. The molecule has 0 radical (unpaired) electrons. The highest BCUT2D eigenvalue weighted by Gasteiger charge is 2.15. The largest absolute Gasteiger partial charge is 0.451 e. The number of carbonyl (C=O) groups excluding carboxylic acids is 2. The number of hydrogen-bond donors (Lipinski definition) is 1. The Kier molecular flexibility index (Phi) is 5.12. The Balaban J connectivity index is 1.63. The van der Waals surface area contributed by atoms with Crippen LogP contribution in [0.2, 0.25) is 0 Å². The van der Waals surface area contributed by atoms with Gasteiger partial charge in [0.1, 0.15) is 5.69 Å². The Labute approximate surface area is 150 Å². The second-order valence-corrected chi connectivity index (χ2v) is 5.90. The summed E-state index contributed by atoms with van der Waals surface area (Å²) in [5.41, 5.74) is 1.26. The maximum absolute atomic E-state index is 12.2. The predicted octanol–water partition coefficient (Wildman–Crippen LogP) is 2.34. The van der Waals surface area contributed by atoms with E-state index in [1.165, 1.54) is 11.0 Å². The number of likely N-dealkylation sites (N-methyl/N-ethyl adjacent to an activating group) is 1. The summed E-state index contributed by atoms with van der Waals surface area (Å²) in [6.07, 6.45) is 0. The topological polar surface area (TPSA) is 79.5 Å². The van der Waals surface area contributed by atoms with E-state index < -0.39 is 12.6 Å². The van der Waals surface area contributed by atoms with E-state index in [-0.39, 0.29) is 17.0 Å². The van der Waals surface area contributed by atoms with Crippen molar-refractivity contribution in [2.24, 2.45) is 0 Å². The van der Waals surface area contributed by atoms with Crippen LogP contribution in [0.15, 0.2) is 65.5 Å². The number of fused-ring (bicyclic) bond motifs is 1. The van der Waals surface area contributed by atoms with Crippen LogP contribution < -0.4 is 5.43 Å². The van der Waals surface area contributed by atoms with Gasteiger partial charge in [0.15, 0.2) is 12.0 Å². The fourth-order valence-electron chi connectivity index (χ4n) is 2.57. The number of esters is 1. The minimum absolute atomic E-state index is 0.0206. The van der Waals surface area contributed by atoms with E-state index in [2.05, 4.69) is 4.98 Å². The van der Waals surface area contributed by atoms with Gasteiger partial charge < -0.3 is 14.6 Å². The average molecular weight is 350 g/mol. The Morgan fingerprint density at radius 1 is 1.04 bits per heavy atom. The van der Waals surface area contributed by atoms with Gasteiger partial charge in [-0.25, -0.2) is 4.79 Å². The number of rotatable bonds is 5. The van der Waals surface area contributed by atoms with Crippen LogP contribution in [-0.2, 0) is 16.1 Å². The van der Waals surface area contributed by atoms with E-state index in [1.807, 2.05) is 30.3 Å². The summed E-state index contributed by atoms with van der Waals surface area (Å²) in [6, 6.07) is 17.6. The van der Waals surface area contributed by atoms with E-state index >= 15 is 0 Å². The number of benzene rings is 2. The van der Waals surface area contributed by atoms with Crippen molar-refractivity contribution in [3.63, 3.8) is 0 Å². The summed E-state index contributed by atoms with van der Waals surface area (Å²) >= 11 is 0. The van der Waals surface area contributed by atoms with E-state index in [1.54, 1.807) is 31.3 Å². The minimum atomic E-state index is -0.741. The average Bonchev–Trinajstić information content (AvgIpc) is 2.66. The number of para-hydroxylation sites is 1. The lowest BCUT2D eigenvalue weighted by molar-refractivity contribution is -0.133. The number of ether oxygens (including phenoxy) is 1. The van der Waals surface area contributed by atoms with Crippen molar-refractivity contribution in [3.05, 3.63) is 82.1 Å². The molecule has 0 fully saturated rings. The zero-order valence-electron chi connectivity index (χ0n) is 14.3. The maximum atomic E-state index is 12.2. The van der Waals surface area contributed by atoms with Crippen molar-refractivity contribution in [2.45, 2.75) is 6.54 Å². The van der Waals surface area contributed by atoms with E-state index in [4.69, 9.17) is 4.74 Å². The first kappa shape index (κ1) is 17.4. The number of nitrogens with one attached hydrogen (secondary N) is 1. The standard InChI is InChI=1S/C20H18N2O4/c1-22(12-14-7-3-2-4-8-14)19(24)13-26-20(25)17-11-18(23)15-9-5-6-10-16(15)21-17/h2-11H,12-13H2,1H3,(H,21,23). The fraction of sp³-hybridized carbons (Fsp3) is 0.150. The van der Waals surface area contributed by atoms with E-state index in [9.17, 15) is 14.4 Å². The summed E-state index contributed by atoms with van der Waals surface area (Å²) in [5.74, 6) is -1.07. The molecular formula is C20H18N2O4. The Morgan fingerprint density at radius 3 is 2.50 bits per heavy atom.